The van der Waals surface area contributed by atoms with E-state index in [9.17, 15) is 4.79 Å². The molecule has 148 valence electrons. The molecule has 0 aliphatic heterocycles. The summed E-state index contributed by atoms with van der Waals surface area (Å²) in [6.45, 7) is 12.4. The van der Waals surface area contributed by atoms with Gasteiger partial charge < -0.3 is 14.2 Å². The quantitative estimate of drug-likeness (QED) is 0.414. The number of pyridine rings is 1. The summed E-state index contributed by atoms with van der Waals surface area (Å²) < 4.78 is 16.8. The normalized spacial score (nSPS) is 12.1. The molecule has 0 N–H and O–H groups in total. The standard InChI is InChI=1S/C21H35NO4/c1-17-12-13-18(16-22-17)24-14-10-8-7-9-11-15-25-21(5,6)19(23)26-20(2,3)4/h12-13,16H,7-11,14-15H2,1-6H3. The number of hydrogen-bond acceptors (Lipinski definition) is 5. The van der Waals surface area contributed by atoms with Crippen molar-refractivity contribution in [2.24, 2.45) is 0 Å². The summed E-state index contributed by atoms with van der Waals surface area (Å²) in [5.74, 6) is 0.515. The van der Waals surface area contributed by atoms with Crippen LogP contribution in [-0.4, -0.2) is 35.4 Å². The first-order valence-corrected chi connectivity index (χ1v) is 9.53. The highest BCUT2D eigenvalue weighted by atomic mass is 16.6. The lowest BCUT2D eigenvalue weighted by Gasteiger charge is -2.28. The maximum Gasteiger partial charge on any atom is 0.338 e. The van der Waals surface area contributed by atoms with Crippen LogP contribution < -0.4 is 4.74 Å². The Morgan fingerprint density at radius 1 is 0.962 bits per heavy atom. The molecule has 26 heavy (non-hydrogen) atoms. The van der Waals surface area contributed by atoms with Crippen molar-refractivity contribution in [3.8, 4) is 5.75 Å². The number of carbonyl (C=O) groups is 1. The van der Waals surface area contributed by atoms with Gasteiger partial charge in [-0.25, -0.2) is 4.79 Å². The minimum Gasteiger partial charge on any atom is -0.492 e. The smallest absolute Gasteiger partial charge is 0.338 e. The second kappa shape index (κ2) is 10.5. The number of ether oxygens (including phenoxy) is 3. The summed E-state index contributed by atoms with van der Waals surface area (Å²) in [5, 5.41) is 0. The Balaban J connectivity index is 2.04. The molecule has 0 atom stereocenters. The van der Waals surface area contributed by atoms with E-state index in [-0.39, 0.29) is 5.97 Å². The van der Waals surface area contributed by atoms with Crippen LogP contribution >= 0.6 is 0 Å². The van der Waals surface area contributed by atoms with E-state index in [1.807, 2.05) is 39.8 Å². The van der Waals surface area contributed by atoms with Gasteiger partial charge in [-0.05, 0) is 66.5 Å². The van der Waals surface area contributed by atoms with Crippen LogP contribution in [0.4, 0.5) is 0 Å². The van der Waals surface area contributed by atoms with Crippen LogP contribution in [0.1, 0.15) is 72.4 Å². The number of hydrogen-bond donors (Lipinski definition) is 0. The molecule has 0 amide bonds. The number of aromatic nitrogens is 1. The zero-order valence-corrected chi connectivity index (χ0v) is 17.3. The highest BCUT2D eigenvalue weighted by Crippen LogP contribution is 2.18. The first-order valence-electron chi connectivity index (χ1n) is 9.53. The number of rotatable bonds is 11. The lowest BCUT2D eigenvalue weighted by Crippen LogP contribution is -2.41. The van der Waals surface area contributed by atoms with Gasteiger partial charge in [-0.2, -0.15) is 0 Å². The molecule has 0 fully saturated rings. The minimum atomic E-state index is -0.900. The third kappa shape index (κ3) is 9.76. The molecule has 0 saturated carbocycles. The fourth-order valence-electron chi connectivity index (χ4n) is 2.25. The zero-order valence-electron chi connectivity index (χ0n) is 17.3. The number of esters is 1. The molecule has 0 aliphatic rings. The van der Waals surface area contributed by atoms with Crippen molar-refractivity contribution in [3.63, 3.8) is 0 Å². The van der Waals surface area contributed by atoms with Crippen molar-refractivity contribution in [2.75, 3.05) is 13.2 Å². The molecule has 5 heteroatoms. The lowest BCUT2D eigenvalue weighted by atomic mass is 10.1. The Morgan fingerprint density at radius 2 is 1.58 bits per heavy atom. The van der Waals surface area contributed by atoms with Gasteiger partial charge in [-0.1, -0.05) is 19.3 Å². The van der Waals surface area contributed by atoms with Crippen LogP contribution in [0.2, 0.25) is 0 Å². The molecule has 1 aromatic heterocycles. The van der Waals surface area contributed by atoms with Crippen molar-refractivity contribution < 1.29 is 19.0 Å². The summed E-state index contributed by atoms with van der Waals surface area (Å²) in [5.41, 5.74) is -0.396. The van der Waals surface area contributed by atoms with Gasteiger partial charge in [0, 0.05) is 12.3 Å². The molecular formula is C21H35NO4. The Hall–Kier alpha value is -1.62. The Bertz CT molecular complexity index is 532. The van der Waals surface area contributed by atoms with E-state index in [4.69, 9.17) is 14.2 Å². The molecule has 5 nitrogen and oxygen atoms in total. The van der Waals surface area contributed by atoms with Gasteiger partial charge >= 0.3 is 5.97 Å². The van der Waals surface area contributed by atoms with Crippen LogP contribution in [0.5, 0.6) is 5.75 Å². The van der Waals surface area contributed by atoms with E-state index in [0.717, 1.165) is 43.5 Å². The molecule has 0 bridgehead atoms. The Kier molecular flexibility index (Phi) is 9.06. The molecule has 0 unspecified atom stereocenters. The number of unbranched alkanes of at least 4 members (excludes halogenated alkanes) is 4. The molecule has 0 aromatic carbocycles. The number of carbonyl (C=O) groups excluding carboxylic acids is 1. The largest absolute Gasteiger partial charge is 0.492 e. The number of aryl methyl sites for hydroxylation is 1. The zero-order chi connectivity index (χ0) is 19.6. The third-order valence-corrected chi connectivity index (χ3v) is 3.80. The summed E-state index contributed by atoms with van der Waals surface area (Å²) in [4.78, 5) is 16.3. The van der Waals surface area contributed by atoms with Crippen molar-refractivity contribution in [1.82, 2.24) is 4.98 Å². The summed E-state index contributed by atoms with van der Waals surface area (Å²) in [7, 11) is 0. The first-order chi connectivity index (χ1) is 12.1. The fraction of sp³-hybridized carbons (Fsp3) is 0.714. The van der Waals surface area contributed by atoms with Gasteiger partial charge in [-0.3, -0.25) is 4.98 Å². The minimum absolute atomic E-state index is 0.312. The average molecular weight is 366 g/mol. The van der Waals surface area contributed by atoms with E-state index in [1.54, 1.807) is 20.0 Å². The van der Waals surface area contributed by atoms with Gasteiger partial charge in [0.25, 0.3) is 0 Å². The predicted octanol–water partition coefficient (Wildman–Crippen LogP) is 4.86. The molecule has 0 saturated heterocycles. The predicted molar refractivity (Wildman–Crippen MR) is 103 cm³/mol. The molecular weight excluding hydrogens is 330 g/mol. The highest BCUT2D eigenvalue weighted by molar-refractivity contribution is 5.78. The monoisotopic (exact) mass is 365 g/mol. The van der Waals surface area contributed by atoms with Crippen LogP contribution in [0.25, 0.3) is 0 Å². The summed E-state index contributed by atoms with van der Waals surface area (Å²) in [6.07, 6.45) is 7.06. The van der Waals surface area contributed by atoms with E-state index < -0.39 is 11.2 Å². The van der Waals surface area contributed by atoms with Gasteiger partial charge in [-0.15, -0.1) is 0 Å². The van der Waals surface area contributed by atoms with Gasteiger partial charge in [0.1, 0.15) is 11.4 Å². The van der Waals surface area contributed by atoms with Crippen molar-refractivity contribution in [1.29, 1.82) is 0 Å². The maximum absolute atomic E-state index is 12.1. The van der Waals surface area contributed by atoms with Crippen LogP contribution in [0.3, 0.4) is 0 Å². The number of nitrogens with zero attached hydrogens (tertiary/aromatic N) is 1. The lowest BCUT2D eigenvalue weighted by molar-refractivity contribution is -0.179. The Morgan fingerprint density at radius 3 is 2.15 bits per heavy atom. The van der Waals surface area contributed by atoms with E-state index in [1.165, 1.54) is 0 Å². The van der Waals surface area contributed by atoms with Gasteiger partial charge in [0.2, 0.25) is 0 Å². The topological polar surface area (TPSA) is 57.7 Å². The van der Waals surface area contributed by atoms with Crippen molar-refractivity contribution >= 4 is 5.97 Å². The van der Waals surface area contributed by atoms with Crippen LogP contribution in [0, 0.1) is 6.92 Å². The van der Waals surface area contributed by atoms with Crippen molar-refractivity contribution in [3.05, 3.63) is 24.0 Å². The fourth-order valence-corrected chi connectivity index (χ4v) is 2.25. The molecule has 1 rings (SSSR count). The third-order valence-electron chi connectivity index (χ3n) is 3.80. The van der Waals surface area contributed by atoms with E-state index in [0.29, 0.717) is 13.2 Å². The second-order valence-corrected chi connectivity index (χ2v) is 8.11. The van der Waals surface area contributed by atoms with Crippen LogP contribution in [0.15, 0.2) is 18.3 Å². The maximum atomic E-state index is 12.1. The highest BCUT2D eigenvalue weighted by Gasteiger charge is 2.33. The average Bonchev–Trinajstić information content (AvgIpc) is 2.53. The van der Waals surface area contributed by atoms with Gasteiger partial charge in [0.15, 0.2) is 5.60 Å². The summed E-state index contributed by atoms with van der Waals surface area (Å²) >= 11 is 0. The van der Waals surface area contributed by atoms with E-state index in [2.05, 4.69) is 4.98 Å². The second-order valence-electron chi connectivity index (χ2n) is 8.11. The van der Waals surface area contributed by atoms with Crippen LogP contribution in [-0.2, 0) is 14.3 Å². The molecule has 1 aromatic rings. The van der Waals surface area contributed by atoms with E-state index >= 15 is 0 Å². The first kappa shape index (κ1) is 22.4. The van der Waals surface area contributed by atoms with Gasteiger partial charge in [0.05, 0.1) is 12.8 Å². The molecule has 0 aliphatic carbocycles. The molecule has 0 spiro atoms. The SMILES string of the molecule is Cc1ccc(OCCCCCCCOC(C)(C)C(=O)OC(C)(C)C)cn1. The molecule has 1 heterocycles. The molecule has 0 radical (unpaired) electrons. The van der Waals surface area contributed by atoms with Crippen molar-refractivity contribution in [2.45, 2.75) is 84.8 Å². The summed E-state index contributed by atoms with van der Waals surface area (Å²) in [6, 6.07) is 3.90. The Labute approximate surface area is 158 Å².